The molecule has 1 aromatic carbocycles. The Labute approximate surface area is 202 Å². The molecule has 33 heavy (non-hydrogen) atoms. The summed E-state index contributed by atoms with van der Waals surface area (Å²) >= 11 is 12.0. The van der Waals surface area contributed by atoms with Gasteiger partial charge in [-0.2, -0.15) is 0 Å². The van der Waals surface area contributed by atoms with Gasteiger partial charge in [-0.05, 0) is 31.0 Å². The molecule has 0 spiro atoms. The van der Waals surface area contributed by atoms with E-state index < -0.39 is 29.7 Å². The summed E-state index contributed by atoms with van der Waals surface area (Å²) in [5.74, 6) is -2.58. The van der Waals surface area contributed by atoms with Crippen LogP contribution in [0, 0.1) is 5.92 Å². The quantitative estimate of drug-likeness (QED) is 0.135. The number of methoxy groups -OCH3 is 1. The lowest BCUT2D eigenvalue weighted by atomic mass is 9.95. The molecular formula is C21H31Cl2N3O7. The summed E-state index contributed by atoms with van der Waals surface area (Å²) in [6.07, 6.45) is -0.304. The molecule has 10 nitrogen and oxygen atoms in total. The monoisotopic (exact) mass is 507 g/mol. The minimum atomic E-state index is -0.981. The average Bonchev–Trinajstić information content (AvgIpc) is 2.79. The van der Waals surface area contributed by atoms with Gasteiger partial charge in [0.15, 0.2) is 0 Å². The second-order valence-corrected chi connectivity index (χ2v) is 8.17. The first-order chi connectivity index (χ1) is 15.7. The summed E-state index contributed by atoms with van der Waals surface area (Å²) in [5, 5.41) is 23.6. The maximum absolute atomic E-state index is 13.0. The van der Waals surface area contributed by atoms with E-state index in [2.05, 4.69) is 10.6 Å². The molecule has 0 saturated carbocycles. The van der Waals surface area contributed by atoms with E-state index in [1.54, 1.807) is 25.1 Å². The zero-order valence-electron chi connectivity index (χ0n) is 18.6. The van der Waals surface area contributed by atoms with Gasteiger partial charge in [0, 0.05) is 32.4 Å². The van der Waals surface area contributed by atoms with Gasteiger partial charge in [0.05, 0.1) is 36.0 Å². The number of hydroxylamine groups is 1. The van der Waals surface area contributed by atoms with Crippen molar-refractivity contribution in [1.29, 1.82) is 0 Å². The number of carbonyl (C=O) groups excluding carboxylic acids is 3. The predicted molar refractivity (Wildman–Crippen MR) is 122 cm³/mol. The summed E-state index contributed by atoms with van der Waals surface area (Å²) in [6, 6.07) is 3.90. The van der Waals surface area contributed by atoms with Gasteiger partial charge in [0.2, 0.25) is 17.7 Å². The molecule has 2 unspecified atom stereocenters. The van der Waals surface area contributed by atoms with Crippen LogP contribution in [0.4, 0.5) is 0 Å². The predicted octanol–water partition coefficient (Wildman–Crippen LogP) is 1.08. The first-order valence-corrected chi connectivity index (χ1v) is 11.1. The molecule has 0 fully saturated rings. The number of ether oxygens (including phenoxy) is 2. The van der Waals surface area contributed by atoms with Crippen molar-refractivity contribution in [1.82, 2.24) is 16.1 Å². The van der Waals surface area contributed by atoms with E-state index in [-0.39, 0.29) is 51.7 Å². The molecule has 1 aromatic rings. The highest BCUT2D eigenvalue weighted by Gasteiger charge is 2.29. The zero-order chi connectivity index (χ0) is 24.8. The van der Waals surface area contributed by atoms with E-state index in [1.807, 2.05) is 0 Å². The van der Waals surface area contributed by atoms with Gasteiger partial charge in [-0.15, -0.1) is 0 Å². The van der Waals surface area contributed by atoms with Crippen molar-refractivity contribution < 1.29 is 34.2 Å². The van der Waals surface area contributed by atoms with Crippen LogP contribution in [0.1, 0.15) is 25.3 Å². The number of carbonyl (C=O) groups is 3. The van der Waals surface area contributed by atoms with Gasteiger partial charge in [-0.3, -0.25) is 19.6 Å². The van der Waals surface area contributed by atoms with Crippen LogP contribution in [-0.2, 0) is 30.3 Å². The summed E-state index contributed by atoms with van der Waals surface area (Å²) in [7, 11) is 1.48. The van der Waals surface area contributed by atoms with E-state index in [9.17, 15) is 14.4 Å². The number of halogens is 2. The van der Waals surface area contributed by atoms with Crippen molar-refractivity contribution >= 4 is 40.9 Å². The molecule has 5 N–H and O–H groups in total. The van der Waals surface area contributed by atoms with E-state index in [4.69, 9.17) is 43.0 Å². The molecule has 0 aliphatic heterocycles. The second kappa shape index (κ2) is 15.8. The zero-order valence-corrected chi connectivity index (χ0v) is 20.1. The SMILES string of the molecule is COC(C)CC(CC(=O)NO)C(=O)N[C@@H](Cc1ccc(Cl)c(Cl)c1)C(=O)NCCOCCO. The molecule has 3 atom stereocenters. The number of rotatable bonds is 15. The van der Waals surface area contributed by atoms with Crippen LogP contribution in [0.15, 0.2) is 18.2 Å². The Bertz CT molecular complexity index is 782. The smallest absolute Gasteiger partial charge is 0.244 e. The van der Waals surface area contributed by atoms with Crippen molar-refractivity contribution in [3.8, 4) is 0 Å². The van der Waals surface area contributed by atoms with E-state index >= 15 is 0 Å². The van der Waals surface area contributed by atoms with Crippen molar-refractivity contribution in [2.45, 2.75) is 38.3 Å². The van der Waals surface area contributed by atoms with Crippen LogP contribution in [0.25, 0.3) is 0 Å². The molecule has 0 aromatic heterocycles. The topological polar surface area (TPSA) is 146 Å². The first-order valence-electron chi connectivity index (χ1n) is 10.4. The van der Waals surface area contributed by atoms with Gasteiger partial charge in [-0.25, -0.2) is 5.48 Å². The molecule has 3 amide bonds. The summed E-state index contributed by atoms with van der Waals surface area (Å²) in [6.45, 7) is 2.11. The lowest BCUT2D eigenvalue weighted by Crippen LogP contribution is -2.50. The van der Waals surface area contributed by atoms with Gasteiger partial charge >= 0.3 is 0 Å². The maximum atomic E-state index is 13.0. The molecule has 186 valence electrons. The molecule has 0 radical (unpaired) electrons. The summed E-state index contributed by atoms with van der Waals surface area (Å²) in [4.78, 5) is 37.5. The molecule has 0 aliphatic carbocycles. The number of amides is 3. The largest absolute Gasteiger partial charge is 0.394 e. The molecule has 0 heterocycles. The van der Waals surface area contributed by atoms with Gasteiger partial charge in [0.1, 0.15) is 6.04 Å². The third kappa shape index (κ3) is 11.1. The third-order valence-corrected chi connectivity index (χ3v) is 5.52. The molecule has 12 heteroatoms. The van der Waals surface area contributed by atoms with Crippen LogP contribution < -0.4 is 16.1 Å². The fourth-order valence-electron chi connectivity index (χ4n) is 2.99. The van der Waals surface area contributed by atoms with E-state index in [0.29, 0.717) is 15.6 Å². The lowest BCUT2D eigenvalue weighted by molar-refractivity contribution is -0.137. The first kappa shape index (κ1) is 29.1. The Hall–Kier alpha value is -1.95. The second-order valence-electron chi connectivity index (χ2n) is 7.36. The average molecular weight is 508 g/mol. The number of aliphatic hydroxyl groups excluding tert-OH is 1. The molecule has 0 bridgehead atoms. The van der Waals surface area contributed by atoms with Crippen LogP contribution in [0.5, 0.6) is 0 Å². The molecule has 0 aliphatic rings. The van der Waals surface area contributed by atoms with E-state index in [1.165, 1.54) is 12.6 Å². The van der Waals surface area contributed by atoms with Crippen LogP contribution >= 0.6 is 23.2 Å². The Morgan fingerprint density at radius 1 is 1.12 bits per heavy atom. The summed E-state index contributed by atoms with van der Waals surface area (Å²) < 4.78 is 10.3. The van der Waals surface area contributed by atoms with Crippen molar-refractivity contribution in [3.05, 3.63) is 33.8 Å². The van der Waals surface area contributed by atoms with Crippen LogP contribution in [0.3, 0.4) is 0 Å². The third-order valence-electron chi connectivity index (χ3n) is 4.78. The number of benzene rings is 1. The molecule has 0 saturated heterocycles. The number of aliphatic hydroxyl groups is 1. The minimum Gasteiger partial charge on any atom is -0.394 e. The minimum absolute atomic E-state index is 0.116. The Balaban J connectivity index is 2.98. The van der Waals surface area contributed by atoms with Crippen molar-refractivity contribution in [3.63, 3.8) is 0 Å². The van der Waals surface area contributed by atoms with Crippen molar-refractivity contribution in [2.24, 2.45) is 5.92 Å². The highest BCUT2D eigenvalue weighted by Crippen LogP contribution is 2.23. The Morgan fingerprint density at radius 2 is 1.85 bits per heavy atom. The number of hydrogen-bond donors (Lipinski definition) is 5. The van der Waals surface area contributed by atoms with Crippen LogP contribution in [-0.4, -0.2) is 73.7 Å². The lowest BCUT2D eigenvalue weighted by Gasteiger charge is -2.24. The Morgan fingerprint density at radius 3 is 2.45 bits per heavy atom. The fourth-order valence-corrected chi connectivity index (χ4v) is 3.31. The molecular weight excluding hydrogens is 477 g/mol. The van der Waals surface area contributed by atoms with Gasteiger partial charge < -0.3 is 25.2 Å². The Kier molecular flexibility index (Phi) is 13.9. The van der Waals surface area contributed by atoms with Gasteiger partial charge in [0.25, 0.3) is 0 Å². The maximum Gasteiger partial charge on any atom is 0.244 e. The van der Waals surface area contributed by atoms with E-state index in [0.717, 1.165) is 0 Å². The highest BCUT2D eigenvalue weighted by atomic mass is 35.5. The highest BCUT2D eigenvalue weighted by molar-refractivity contribution is 6.42. The van der Waals surface area contributed by atoms with Gasteiger partial charge in [-0.1, -0.05) is 29.3 Å². The summed E-state index contributed by atoms with van der Waals surface area (Å²) in [5.41, 5.74) is 2.18. The molecule has 1 rings (SSSR count). The number of hydrogen-bond acceptors (Lipinski definition) is 7. The fraction of sp³-hybridized carbons (Fsp3) is 0.571. The standard InChI is InChI=1S/C21H31Cl2N3O7/c1-13(32-2)9-15(12-19(28)26-31)20(29)25-18(21(30)24-5-7-33-8-6-27)11-14-3-4-16(22)17(23)10-14/h3-4,10,13,15,18,27,31H,5-9,11-12H2,1-2H3,(H,24,30)(H,25,29)(H,26,28)/t13?,15?,18-/m0/s1. The normalized spacial score (nSPS) is 13.6. The van der Waals surface area contributed by atoms with Crippen LogP contribution in [0.2, 0.25) is 10.0 Å². The van der Waals surface area contributed by atoms with Crippen molar-refractivity contribution in [2.75, 3.05) is 33.5 Å². The number of nitrogens with one attached hydrogen (secondary N) is 3.